The number of allylic oxidation sites excluding steroid dienone is 3. The number of ether oxygens (including phenoxy) is 1. The molecule has 2 nitrogen and oxygen atoms in total. The van der Waals surface area contributed by atoms with Crippen molar-refractivity contribution in [2.45, 2.75) is 71.6 Å². The highest BCUT2D eigenvalue weighted by Crippen LogP contribution is 2.36. The first kappa shape index (κ1) is 17.6. The number of hydrogen-bond donors (Lipinski definition) is 0. The lowest BCUT2D eigenvalue weighted by atomic mass is 9.81. The van der Waals surface area contributed by atoms with Gasteiger partial charge in [0.05, 0.1) is 12.9 Å². The van der Waals surface area contributed by atoms with Crippen LogP contribution >= 0.6 is 0 Å². The number of nitrogens with zero attached hydrogens (tertiary/aromatic N) is 1. The predicted molar refractivity (Wildman–Crippen MR) is 94.9 cm³/mol. The van der Waals surface area contributed by atoms with Gasteiger partial charge < -0.3 is 4.74 Å². The van der Waals surface area contributed by atoms with Crippen LogP contribution in [0.5, 0.6) is 0 Å². The first-order chi connectivity index (χ1) is 10.8. The molecule has 0 spiro atoms. The van der Waals surface area contributed by atoms with E-state index in [4.69, 9.17) is 4.74 Å². The van der Waals surface area contributed by atoms with Gasteiger partial charge in [0.25, 0.3) is 0 Å². The molecule has 1 heterocycles. The van der Waals surface area contributed by atoms with Crippen molar-refractivity contribution >= 4 is 0 Å². The fraction of sp³-hybridized carbons (Fsp3) is 0.800. The topological polar surface area (TPSA) is 12.5 Å². The summed E-state index contributed by atoms with van der Waals surface area (Å²) >= 11 is 0. The fourth-order valence-corrected chi connectivity index (χ4v) is 3.81. The van der Waals surface area contributed by atoms with Gasteiger partial charge in [-0.3, -0.25) is 4.90 Å². The highest BCUT2D eigenvalue weighted by atomic mass is 16.5. The first-order valence-corrected chi connectivity index (χ1v) is 9.47. The quantitative estimate of drug-likeness (QED) is 0.535. The number of unbranched alkanes of at least 4 members (excludes halogenated alkanes) is 4. The third-order valence-electron chi connectivity index (χ3n) is 5.25. The second-order valence-electron chi connectivity index (χ2n) is 7.00. The summed E-state index contributed by atoms with van der Waals surface area (Å²) in [7, 11) is 1.86. The van der Waals surface area contributed by atoms with E-state index >= 15 is 0 Å². The maximum absolute atomic E-state index is 5.71. The summed E-state index contributed by atoms with van der Waals surface area (Å²) in [6, 6.07) is 0. The lowest BCUT2D eigenvalue weighted by Crippen LogP contribution is -2.37. The number of piperidine rings is 1. The highest BCUT2D eigenvalue weighted by molar-refractivity contribution is 5.34. The molecule has 0 saturated carbocycles. The van der Waals surface area contributed by atoms with Crippen LogP contribution in [0.1, 0.15) is 71.6 Å². The Labute approximate surface area is 137 Å². The Hall–Kier alpha value is -0.760. The molecule has 1 saturated heterocycles. The molecule has 1 fully saturated rings. The van der Waals surface area contributed by atoms with Gasteiger partial charge in [-0.1, -0.05) is 51.2 Å². The zero-order valence-electron chi connectivity index (χ0n) is 15.0. The predicted octanol–water partition coefficient (Wildman–Crippen LogP) is 5.31. The van der Waals surface area contributed by atoms with Gasteiger partial charge in [0.2, 0.25) is 0 Å². The third-order valence-corrected chi connectivity index (χ3v) is 5.25. The summed E-state index contributed by atoms with van der Waals surface area (Å²) in [6.45, 7) is 8.31. The molecule has 1 atom stereocenters. The Morgan fingerprint density at radius 2 is 1.91 bits per heavy atom. The van der Waals surface area contributed by atoms with Crippen LogP contribution < -0.4 is 0 Å². The molecule has 2 rings (SSSR count). The molecule has 1 aliphatic carbocycles. The van der Waals surface area contributed by atoms with E-state index in [1.54, 1.807) is 5.57 Å². The molecule has 0 N–H and O–H groups in total. The van der Waals surface area contributed by atoms with E-state index in [1.807, 2.05) is 7.11 Å². The van der Waals surface area contributed by atoms with Crippen LogP contribution in [0.2, 0.25) is 0 Å². The lowest BCUT2D eigenvalue weighted by molar-refractivity contribution is 0.201. The van der Waals surface area contributed by atoms with Crippen molar-refractivity contribution < 1.29 is 4.74 Å². The molecule has 2 heteroatoms. The average Bonchev–Trinajstić information content (AvgIpc) is 2.54. The van der Waals surface area contributed by atoms with Crippen molar-refractivity contribution in [1.82, 2.24) is 4.90 Å². The van der Waals surface area contributed by atoms with E-state index in [0.29, 0.717) is 0 Å². The Balaban J connectivity index is 1.96. The minimum absolute atomic E-state index is 0.743. The van der Waals surface area contributed by atoms with Gasteiger partial charge in [0, 0.05) is 13.0 Å². The summed E-state index contributed by atoms with van der Waals surface area (Å²) in [6.07, 6.45) is 14.1. The van der Waals surface area contributed by atoms with Crippen molar-refractivity contribution in [3.8, 4) is 0 Å². The Kier molecular flexibility index (Phi) is 7.51. The second kappa shape index (κ2) is 9.39. The van der Waals surface area contributed by atoms with Crippen LogP contribution in [0.4, 0.5) is 0 Å². The van der Waals surface area contributed by atoms with Gasteiger partial charge in [0.1, 0.15) is 0 Å². The minimum Gasteiger partial charge on any atom is -0.501 e. The van der Waals surface area contributed by atoms with Gasteiger partial charge >= 0.3 is 0 Å². The van der Waals surface area contributed by atoms with Gasteiger partial charge in [-0.25, -0.2) is 0 Å². The SMILES string of the molecule is CCCCCC1=C(OC)CC2CCN(CCCCC)CC2=C1. The molecule has 0 radical (unpaired) electrons. The van der Waals surface area contributed by atoms with Crippen molar-refractivity contribution in [1.29, 1.82) is 0 Å². The molecule has 1 unspecified atom stereocenters. The molecular weight excluding hydrogens is 270 g/mol. The lowest BCUT2D eigenvalue weighted by Gasteiger charge is -2.37. The zero-order valence-corrected chi connectivity index (χ0v) is 15.0. The summed E-state index contributed by atoms with van der Waals surface area (Å²) in [5.41, 5.74) is 3.16. The Bertz CT molecular complexity index is 397. The van der Waals surface area contributed by atoms with E-state index in [9.17, 15) is 0 Å². The van der Waals surface area contributed by atoms with Crippen molar-refractivity contribution in [2.75, 3.05) is 26.7 Å². The maximum Gasteiger partial charge on any atom is 0.0993 e. The smallest absolute Gasteiger partial charge is 0.0993 e. The molecule has 0 aromatic heterocycles. The minimum atomic E-state index is 0.743. The van der Waals surface area contributed by atoms with Crippen LogP contribution in [-0.2, 0) is 4.74 Å². The number of likely N-dealkylation sites (tertiary alicyclic amines) is 1. The molecule has 22 heavy (non-hydrogen) atoms. The van der Waals surface area contributed by atoms with Crippen LogP contribution in [-0.4, -0.2) is 31.6 Å². The number of hydrogen-bond acceptors (Lipinski definition) is 2. The number of methoxy groups -OCH3 is 1. The fourth-order valence-electron chi connectivity index (χ4n) is 3.81. The van der Waals surface area contributed by atoms with Gasteiger partial charge in [-0.05, 0) is 50.3 Å². The molecule has 0 aromatic carbocycles. The molecule has 1 aliphatic heterocycles. The van der Waals surface area contributed by atoms with E-state index in [1.165, 1.54) is 82.3 Å². The Morgan fingerprint density at radius 3 is 2.64 bits per heavy atom. The van der Waals surface area contributed by atoms with E-state index in [-0.39, 0.29) is 0 Å². The standard InChI is InChI=1S/C20H35NO/c1-4-6-8-10-18-14-19-16-21(12-9-7-5-2)13-11-17(19)15-20(18)22-3/h14,17H,4-13,15-16H2,1-3H3. The molecule has 126 valence electrons. The van der Waals surface area contributed by atoms with Crippen LogP contribution in [0, 0.1) is 5.92 Å². The normalized spacial score (nSPS) is 22.5. The second-order valence-corrected chi connectivity index (χ2v) is 7.00. The average molecular weight is 306 g/mol. The Morgan fingerprint density at radius 1 is 1.14 bits per heavy atom. The monoisotopic (exact) mass is 305 g/mol. The van der Waals surface area contributed by atoms with E-state index < -0.39 is 0 Å². The molecule has 2 aliphatic rings. The molecule has 0 aromatic rings. The summed E-state index contributed by atoms with van der Waals surface area (Å²) in [5.74, 6) is 2.01. The van der Waals surface area contributed by atoms with E-state index in [2.05, 4.69) is 24.8 Å². The van der Waals surface area contributed by atoms with Gasteiger partial charge in [-0.15, -0.1) is 0 Å². The third kappa shape index (κ3) is 4.87. The highest BCUT2D eigenvalue weighted by Gasteiger charge is 2.28. The summed E-state index contributed by atoms with van der Waals surface area (Å²) in [5, 5.41) is 0. The van der Waals surface area contributed by atoms with Gasteiger partial charge in [-0.2, -0.15) is 0 Å². The summed E-state index contributed by atoms with van der Waals surface area (Å²) in [4.78, 5) is 2.67. The molecule has 0 bridgehead atoms. The van der Waals surface area contributed by atoms with Crippen LogP contribution in [0.3, 0.4) is 0 Å². The van der Waals surface area contributed by atoms with Crippen LogP contribution in [0.25, 0.3) is 0 Å². The largest absolute Gasteiger partial charge is 0.501 e. The summed E-state index contributed by atoms with van der Waals surface area (Å²) < 4.78 is 5.71. The number of fused-ring (bicyclic) bond motifs is 1. The van der Waals surface area contributed by atoms with Crippen LogP contribution in [0.15, 0.2) is 23.0 Å². The molecule has 0 amide bonds. The molecular formula is C20H35NO. The first-order valence-electron chi connectivity index (χ1n) is 9.47. The number of rotatable bonds is 9. The maximum atomic E-state index is 5.71. The zero-order chi connectivity index (χ0) is 15.8. The van der Waals surface area contributed by atoms with Crippen molar-refractivity contribution in [3.63, 3.8) is 0 Å². The van der Waals surface area contributed by atoms with Crippen molar-refractivity contribution in [3.05, 3.63) is 23.0 Å². The van der Waals surface area contributed by atoms with E-state index in [0.717, 1.165) is 12.3 Å². The van der Waals surface area contributed by atoms with Crippen molar-refractivity contribution in [2.24, 2.45) is 5.92 Å². The van der Waals surface area contributed by atoms with Gasteiger partial charge in [0.15, 0.2) is 0 Å².